The van der Waals surface area contributed by atoms with Gasteiger partial charge in [0.15, 0.2) is 6.61 Å². The number of amides is 1. The van der Waals surface area contributed by atoms with Gasteiger partial charge in [0, 0.05) is 17.8 Å². The molecule has 98 valence electrons. The zero-order valence-corrected chi connectivity index (χ0v) is 9.30. The lowest BCUT2D eigenvalue weighted by molar-refractivity contribution is -0.184. The zero-order chi connectivity index (χ0) is 13.2. The van der Waals surface area contributed by atoms with Crippen molar-refractivity contribution in [3.8, 4) is 0 Å². The van der Waals surface area contributed by atoms with Gasteiger partial charge in [0.1, 0.15) is 0 Å². The van der Waals surface area contributed by atoms with E-state index >= 15 is 0 Å². The first-order valence-electron chi connectivity index (χ1n) is 5.31. The lowest BCUT2D eigenvalue weighted by Gasteiger charge is -2.09. The van der Waals surface area contributed by atoms with Crippen molar-refractivity contribution in [3.05, 3.63) is 29.3 Å². The van der Waals surface area contributed by atoms with Crippen LogP contribution >= 0.6 is 0 Å². The molecule has 0 bridgehead atoms. The molecule has 0 aliphatic carbocycles. The fourth-order valence-corrected chi connectivity index (χ4v) is 1.69. The molecule has 0 saturated heterocycles. The summed E-state index contributed by atoms with van der Waals surface area (Å²) in [5, 5.41) is 3.12. The van der Waals surface area contributed by atoms with Gasteiger partial charge in [0.05, 0.1) is 0 Å². The van der Waals surface area contributed by atoms with Crippen LogP contribution in [0, 0.1) is 0 Å². The average molecular weight is 260 g/mol. The van der Waals surface area contributed by atoms with Crippen molar-refractivity contribution in [1.29, 1.82) is 0 Å². The SMILES string of the molecule is O=C(NOCC(F)(F)F)c1ccc2c(c1)CCN2. The first kappa shape index (κ1) is 12.7. The first-order chi connectivity index (χ1) is 8.46. The van der Waals surface area contributed by atoms with Gasteiger partial charge in [-0.25, -0.2) is 5.48 Å². The van der Waals surface area contributed by atoms with Crippen LogP contribution < -0.4 is 10.8 Å². The molecule has 4 nitrogen and oxygen atoms in total. The Hall–Kier alpha value is -1.76. The van der Waals surface area contributed by atoms with Crippen LogP contribution in [-0.2, 0) is 11.3 Å². The lowest BCUT2D eigenvalue weighted by atomic mass is 10.1. The van der Waals surface area contributed by atoms with Crippen molar-refractivity contribution in [2.75, 3.05) is 18.5 Å². The van der Waals surface area contributed by atoms with Crippen molar-refractivity contribution in [1.82, 2.24) is 5.48 Å². The second-order valence-electron chi connectivity index (χ2n) is 3.88. The second kappa shape index (κ2) is 4.85. The minimum atomic E-state index is -4.46. The van der Waals surface area contributed by atoms with E-state index in [1.54, 1.807) is 17.6 Å². The van der Waals surface area contributed by atoms with Crippen LogP contribution in [0.25, 0.3) is 0 Å². The number of hydroxylamine groups is 1. The maximum atomic E-state index is 11.8. The minimum Gasteiger partial charge on any atom is -0.384 e. The number of carbonyl (C=O) groups excluding carboxylic acids is 1. The van der Waals surface area contributed by atoms with E-state index in [1.165, 1.54) is 6.07 Å². The molecule has 1 aliphatic rings. The summed E-state index contributed by atoms with van der Waals surface area (Å²) in [4.78, 5) is 15.6. The molecule has 2 rings (SSSR count). The van der Waals surface area contributed by atoms with Crippen LogP contribution in [0.4, 0.5) is 18.9 Å². The maximum Gasteiger partial charge on any atom is 0.414 e. The number of benzene rings is 1. The number of hydrogen-bond acceptors (Lipinski definition) is 3. The van der Waals surface area contributed by atoms with Crippen LogP contribution in [0.1, 0.15) is 15.9 Å². The highest BCUT2D eigenvalue weighted by Crippen LogP contribution is 2.23. The predicted molar refractivity (Wildman–Crippen MR) is 58.1 cm³/mol. The summed E-state index contributed by atoms with van der Waals surface area (Å²) in [6.07, 6.45) is -3.67. The Kier molecular flexibility index (Phi) is 3.42. The summed E-state index contributed by atoms with van der Waals surface area (Å²) in [6.45, 7) is -0.712. The number of alkyl halides is 3. The van der Waals surface area contributed by atoms with Crippen LogP contribution in [-0.4, -0.2) is 25.2 Å². The molecule has 0 atom stereocenters. The quantitative estimate of drug-likeness (QED) is 0.816. The summed E-state index contributed by atoms with van der Waals surface area (Å²) in [6, 6.07) is 4.89. The molecule has 0 spiro atoms. The van der Waals surface area contributed by atoms with Gasteiger partial charge in [0.2, 0.25) is 0 Å². The summed E-state index contributed by atoms with van der Waals surface area (Å²) in [5.74, 6) is -0.686. The Balaban J connectivity index is 1.93. The van der Waals surface area contributed by atoms with Crippen LogP contribution in [0.5, 0.6) is 0 Å². The molecular weight excluding hydrogens is 249 g/mol. The van der Waals surface area contributed by atoms with Crippen molar-refractivity contribution >= 4 is 11.6 Å². The lowest BCUT2D eigenvalue weighted by Crippen LogP contribution is -2.29. The van der Waals surface area contributed by atoms with Crippen molar-refractivity contribution in [2.45, 2.75) is 12.6 Å². The number of anilines is 1. The molecule has 1 amide bonds. The molecule has 0 saturated carbocycles. The summed E-state index contributed by atoms with van der Waals surface area (Å²) in [7, 11) is 0. The zero-order valence-electron chi connectivity index (χ0n) is 9.30. The van der Waals surface area contributed by atoms with Gasteiger partial charge >= 0.3 is 6.18 Å². The van der Waals surface area contributed by atoms with Crippen molar-refractivity contribution in [3.63, 3.8) is 0 Å². The molecule has 1 aliphatic heterocycles. The molecule has 1 aromatic carbocycles. The standard InChI is InChI=1S/C11H11F3N2O2/c12-11(13,14)6-18-16-10(17)8-1-2-9-7(5-8)3-4-15-9/h1-2,5,15H,3-4,6H2,(H,16,17). The van der Waals surface area contributed by atoms with E-state index in [-0.39, 0.29) is 5.56 Å². The Bertz CT molecular complexity index is 460. The normalized spacial score (nSPS) is 13.9. The van der Waals surface area contributed by atoms with E-state index in [9.17, 15) is 18.0 Å². The second-order valence-corrected chi connectivity index (χ2v) is 3.88. The summed E-state index contributed by atoms with van der Waals surface area (Å²) < 4.78 is 35.4. The van der Waals surface area contributed by atoms with Gasteiger partial charge in [0.25, 0.3) is 5.91 Å². The molecule has 7 heteroatoms. The molecule has 0 fully saturated rings. The molecule has 0 unspecified atom stereocenters. The van der Waals surface area contributed by atoms with Gasteiger partial charge in [-0.15, -0.1) is 0 Å². The Morgan fingerprint density at radius 1 is 1.44 bits per heavy atom. The summed E-state index contributed by atoms with van der Waals surface area (Å²) >= 11 is 0. The molecule has 2 N–H and O–H groups in total. The Labute approximate surface area is 101 Å². The third-order valence-electron chi connectivity index (χ3n) is 2.48. The van der Waals surface area contributed by atoms with E-state index in [0.717, 1.165) is 24.2 Å². The van der Waals surface area contributed by atoms with Gasteiger partial charge < -0.3 is 5.32 Å². The van der Waals surface area contributed by atoms with Crippen LogP contribution in [0.3, 0.4) is 0 Å². The van der Waals surface area contributed by atoms with Crippen LogP contribution in [0.15, 0.2) is 18.2 Å². The van der Waals surface area contributed by atoms with Crippen LogP contribution in [0.2, 0.25) is 0 Å². The van der Waals surface area contributed by atoms with E-state index < -0.39 is 18.7 Å². The number of rotatable bonds is 3. The highest BCUT2D eigenvalue weighted by atomic mass is 19.4. The van der Waals surface area contributed by atoms with Gasteiger partial charge in [-0.1, -0.05) is 0 Å². The first-order valence-corrected chi connectivity index (χ1v) is 5.31. The largest absolute Gasteiger partial charge is 0.414 e. The Morgan fingerprint density at radius 3 is 2.94 bits per heavy atom. The predicted octanol–water partition coefficient (Wildman–Crippen LogP) is 1.88. The van der Waals surface area contributed by atoms with Crippen molar-refractivity contribution in [2.24, 2.45) is 0 Å². The molecular formula is C11H11F3N2O2. The van der Waals surface area contributed by atoms with Crippen molar-refractivity contribution < 1.29 is 22.8 Å². The number of hydrogen-bond donors (Lipinski definition) is 2. The molecule has 1 aromatic rings. The highest BCUT2D eigenvalue weighted by Gasteiger charge is 2.28. The number of fused-ring (bicyclic) bond motifs is 1. The number of carbonyl (C=O) groups is 1. The van der Waals surface area contributed by atoms with E-state index in [0.29, 0.717) is 0 Å². The fourth-order valence-electron chi connectivity index (χ4n) is 1.69. The average Bonchev–Trinajstić information content (AvgIpc) is 2.73. The molecule has 18 heavy (non-hydrogen) atoms. The van der Waals surface area contributed by atoms with Gasteiger partial charge in [-0.05, 0) is 30.2 Å². The third-order valence-corrected chi connectivity index (χ3v) is 2.48. The fraction of sp³-hybridized carbons (Fsp3) is 0.364. The molecule has 0 radical (unpaired) electrons. The smallest absolute Gasteiger partial charge is 0.384 e. The monoisotopic (exact) mass is 260 g/mol. The van der Waals surface area contributed by atoms with E-state index in [4.69, 9.17) is 0 Å². The maximum absolute atomic E-state index is 11.8. The minimum absolute atomic E-state index is 0.277. The Morgan fingerprint density at radius 2 is 2.22 bits per heavy atom. The summed E-state index contributed by atoms with van der Waals surface area (Å²) in [5.41, 5.74) is 3.96. The molecule has 1 heterocycles. The van der Waals surface area contributed by atoms with E-state index in [2.05, 4.69) is 10.2 Å². The number of nitrogens with one attached hydrogen (secondary N) is 2. The third kappa shape index (κ3) is 3.13. The van der Waals surface area contributed by atoms with Gasteiger partial charge in [-0.3, -0.25) is 9.63 Å². The highest BCUT2D eigenvalue weighted by molar-refractivity contribution is 5.94. The van der Waals surface area contributed by atoms with E-state index in [1.807, 2.05) is 0 Å². The number of halogens is 3. The molecule has 0 aromatic heterocycles. The topological polar surface area (TPSA) is 50.4 Å². The van der Waals surface area contributed by atoms with Gasteiger partial charge in [-0.2, -0.15) is 13.2 Å².